The van der Waals surface area contributed by atoms with E-state index < -0.39 is 84.4 Å². The minimum atomic E-state index is -3.85. The maximum atomic E-state index is 14.1. The van der Waals surface area contributed by atoms with Crippen LogP contribution >= 0.6 is 0 Å². The number of carbonyl (C=O) groups is 1. The topological polar surface area (TPSA) is 170 Å². The molecule has 1 aromatic carbocycles. The third-order valence-corrected chi connectivity index (χ3v) is 26.1. The first-order valence-corrected chi connectivity index (χ1v) is 33.8. The lowest BCUT2D eigenvalue weighted by atomic mass is 9.86. The van der Waals surface area contributed by atoms with Crippen molar-refractivity contribution in [3.63, 3.8) is 0 Å². The molecule has 1 aromatic rings. The van der Waals surface area contributed by atoms with Crippen LogP contribution in [-0.2, 0) is 56.7 Å². The van der Waals surface area contributed by atoms with Crippen LogP contribution in [0.3, 0.4) is 0 Å². The highest BCUT2D eigenvalue weighted by atomic mass is 32.2. The predicted molar refractivity (Wildman–Crippen MR) is 276 cm³/mol. The number of hydrogen-bond acceptors (Lipinski definition) is 13. The quantitative estimate of drug-likeness (QED) is 0.0306. The van der Waals surface area contributed by atoms with Gasteiger partial charge in [-0.2, -0.15) is 8.42 Å². The smallest absolute Gasteiger partial charge is 0.311 e. The van der Waals surface area contributed by atoms with Gasteiger partial charge in [0.15, 0.2) is 26.5 Å². The van der Waals surface area contributed by atoms with E-state index in [1.165, 1.54) is 0 Å². The molecule has 0 amide bonds. The molecule has 2 heterocycles. The molecule has 3 rings (SSSR count). The number of rotatable bonds is 26. The second kappa shape index (κ2) is 24.3. The number of sulfone groups is 1. The fourth-order valence-electron chi connectivity index (χ4n) is 8.31. The van der Waals surface area contributed by atoms with Crippen LogP contribution in [0.5, 0.6) is 0 Å². The Bertz CT molecular complexity index is 2020. The largest absolute Gasteiger partial charge is 0.465 e. The van der Waals surface area contributed by atoms with E-state index in [9.17, 15) is 26.7 Å². The first kappa shape index (κ1) is 60.5. The average Bonchev–Trinajstić information content (AvgIpc) is 3.71. The number of hydrogen-bond donors (Lipinski definition) is 1. The second-order valence-corrected chi connectivity index (χ2v) is 36.8. The number of benzene rings is 1. The molecular formula is C51H90O13S2Si2. The molecule has 0 bridgehead atoms. The van der Waals surface area contributed by atoms with Crippen LogP contribution in [0.25, 0.3) is 0 Å². The Kier molecular flexibility index (Phi) is 21.6. The first-order valence-electron chi connectivity index (χ1n) is 24.5. The van der Waals surface area contributed by atoms with Gasteiger partial charge in [0.25, 0.3) is 10.1 Å². The highest BCUT2D eigenvalue weighted by Crippen LogP contribution is 2.43. The highest BCUT2D eigenvalue weighted by Gasteiger charge is 2.50. The minimum absolute atomic E-state index is 0.0297. The molecule has 2 fully saturated rings. The van der Waals surface area contributed by atoms with Crippen molar-refractivity contribution < 1.29 is 58.7 Å². The molecule has 0 aliphatic carbocycles. The molecule has 3 unspecified atom stereocenters. The van der Waals surface area contributed by atoms with Gasteiger partial charge in [0.05, 0.1) is 84.4 Å². The fraction of sp³-hybridized carbons (Fsp3) is 0.784. The zero-order chi connectivity index (χ0) is 51.8. The molecule has 0 spiro atoms. The van der Waals surface area contributed by atoms with Crippen LogP contribution in [0.4, 0.5) is 0 Å². The van der Waals surface area contributed by atoms with E-state index in [1.807, 2.05) is 27.7 Å². The van der Waals surface area contributed by atoms with Gasteiger partial charge >= 0.3 is 5.97 Å². The first-order chi connectivity index (χ1) is 31.0. The summed E-state index contributed by atoms with van der Waals surface area (Å²) in [6.45, 7) is 38.5. The Labute approximate surface area is 414 Å². The summed E-state index contributed by atoms with van der Waals surface area (Å²) < 4.78 is 97.5. The molecule has 68 heavy (non-hydrogen) atoms. The second-order valence-electron chi connectivity index (χ2n) is 23.6. The van der Waals surface area contributed by atoms with Gasteiger partial charge in [-0.15, -0.1) is 0 Å². The average molecular weight is 1030 g/mol. The van der Waals surface area contributed by atoms with Gasteiger partial charge in [-0.05, 0) is 125 Å². The zero-order valence-electron chi connectivity index (χ0n) is 44.5. The van der Waals surface area contributed by atoms with E-state index in [4.69, 9.17) is 32.0 Å². The Hall–Kier alpha value is -1.78. The molecule has 2 aliphatic rings. The third kappa shape index (κ3) is 18.1. The predicted octanol–water partition coefficient (Wildman–Crippen LogP) is 10.2. The lowest BCUT2D eigenvalue weighted by Gasteiger charge is -2.42. The Morgan fingerprint density at radius 3 is 2.03 bits per heavy atom. The van der Waals surface area contributed by atoms with Crippen molar-refractivity contribution in [3.8, 4) is 0 Å². The van der Waals surface area contributed by atoms with E-state index in [0.717, 1.165) is 11.8 Å². The summed E-state index contributed by atoms with van der Waals surface area (Å²) in [4.78, 5) is 12.4. The molecule has 13 nitrogen and oxygen atoms in total. The molecule has 17 heteroatoms. The molecular weight excluding hydrogens is 941 g/mol. The van der Waals surface area contributed by atoms with E-state index >= 15 is 0 Å². The SMILES string of the molecule is C=C(C(O)CC1O[C@H](C[C@@H](CO[Si](C)(C)C(C)(C)C)O[Si](C)(C)C(C)(C)C)[C@H](OC)[C@H]1CS(=O)(=O)c1ccccc1)[C@H](C)C[C@@H](CC[C@@H]1OC(CCCOC(=O)C(C)(C)C)CC1=C)OS(C)(=O)=O. The van der Waals surface area contributed by atoms with Crippen molar-refractivity contribution in [1.82, 2.24) is 0 Å². The Morgan fingerprint density at radius 2 is 1.49 bits per heavy atom. The summed E-state index contributed by atoms with van der Waals surface area (Å²) in [5.74, 6) is -1.58. The van der Waals surface area contributed by atoms with E-state index in [0.29, 0.717) is 57.3 Å². The highest BCUT2D eigenvalue weighted by molar-refractivity contribution is 7.91. The van der Waals surface area contributed by atoms with Crippen molar-refractivity contribution in [2.45, 2.75) is 211 Å². The molecule has 2 saturated heterocycles. The van der Waals surface area contributed by atoms with Crippen molar-refractivity contribution in [2.75, 3.05) is 32.3 Å². The molecule has 0 saturated carbocycles. The molecule has 0 radical (unpaired) electrons. The Balaban J connectivity index is 1.82. The van der Waals surface area contributed by atoms with E-state index in [1.54, 1.807) is 37.4 Å². The van der Waals surface area contributed by atoms with Crippen LogP contribution in [0.2, 0.25) is 36.3 Å². The van der Waals surface area contributed by atoms with Crippen LogP contribution in [0.15, 0.2) is 59.5 Å². The summed E-state index contributed by atoms with van der Waals surface area (Å²) in [5.41, 5.74) is 0.802. The monoisotopic (exact) mass is 1030 g/mol. The van der Waals surface area contributed by atoms with Crippen LogP contribution in [0, 0.1) is 17.3 Å². The van der Waals surface area contributed by atoms with Crippen LogP contribution in [-0.4, -0.2) is 126 Å². The van der Waals surface area contributed by atoms with Crippen molar-refractivity contribution in [3.05, 3.63) is 54.6 Å². The van der Waals surface area contributed by atoms with Crippen molar-refractivity contribution in [1.29, 1.82) is 0 Å². The summed E-state index contributed by atoms with van der Waals surface area (Å²) in [5, 5.41) is 11.8. The normalized spacial score (nSPS) is 24.2. The summed E-state index contributed by atoms with van der Waals surface area (Å²) in [7, 11) is -10.6. The number of aliphatic hydroxyl groups excluding tert-OH is 1. The Morgan fingerprint density at radius 1 is 0.882 bits per heavy atom. The van der Waals surface area contributed by atoms with Gasteiger partial charge in [0.2, 0.25) is 0 Å². The maximum absolute atomic E-state index is 14.1. The van der Waals surface area contributed by atoms with E-state index in [2.05, 4.69) is 80.9 Å². The summed E-state index contributed by atoms with van der Waals surface area (Å²) in [6.07, 6.45) is -0.0837. The van der Waals surface area contributed by atoms with Gasteiger partial charge < -0.3 is 32.9 Å². The number of ether oxygens (including phenoxy) is 4. The lowest BCUT2D eigenvalue weighted by molar-refractivity contribution is -0.153. The summed E-state index contributed by atoms with van der Waals surface area (Å²) >= 11 is 0. The van der Waals surface area contributed by atoms with Gasteiger partial charge in [0, 0.05) is 25.9 Å². The van der Waals surface area contributed by atoms with Crippen LogP contribution in [0.1, 0.15) is 121 Å². The fourth-order valence-corrected chi connectivity index (χ4v) is 13.0. The van der Waals surface area contributed by atoms with Gasteiger partial charge in [0.1, 0.15) is 0 Å². The number of aliphatic hydroxyl groups is 1. The summed E-state index contributed by atoms with van der Waals surface area (Å²) in [6, 6.07) is 8.32. The zero-order valence-corrected chi connectivity index (χ0v) is 48.1. The third-order valence-electron chi connectivity index (χ3n) is 14.6. The molecule has 0 aromatic heterocycles. The number of methoxy groups -OCH3 is 1. The lowest BCUT2D eigenvalue weighted by Crippen LogP contribution is -2.49. The number of carbonyl (C=O) groups excluding carboxylic acids is 1. The molecule has 10 atom stereocenters. The van der Waals surface area contributed by atoms with Crippen molar-refractivity contribution in [2.24, 2.45) is 17.3 Å². The standard InChI is InChI=1S/C51H90O13S2Si2/c1-35(29-39(63-65(14,54)55)26-27-44-36(2)30-38(61-44)23-22-28-59-48(53)49(4,5)6)37(3)43(52)32-45-42(34-66(56,57)41-24-20-19-21-25-41)47(58-13)46(62-45)31-40(64-68(17,18)51(10,11)12)33-60-67(15,16)50(7,8)9/h19-21,24-25,35,38-40,42-47,52H,2-3,22-23,26-34H2,1,4-18H3/t35-,38?,39-,40+,42+,43?,44+,45?,46-,47-/m1/s1. The minimum Gasteiger partial charge on any atom is -0.465 e. The molecule has 2 aliphatic heterocycles. The molecule has 1 N–H and O–H groups in total. The van der Waals surface area contributed by atoms with Crippen LogP contribution < -0.4 is 0 Å². The maximum Gasteiger partial charge on any atom is 0.311 e. The number of esters is 1. The van der Waals surface area contributed by atoms with Crippen molar-refractivity contribution >= 4 is 42.6 Å². The van der Waals surface area contributed by atoms with E-state index in [-0.39, 0.29) is 57.8 Å². The van der Waals surface area contributed by atoms with Gasteiger partial charge in [-0.3, -0.25) is 8.98 Å². The molecule has 392 valence electrons. The van der Waals surface area contributed by atoms with Gasteiger partial charge in [-0.1, -0.05) is 79.8 Å². The van der Waals surface area contributed by atoms with Gasteiger partial charge in [-0.25, -0.2) is 8.42 Å².